The lowest BCUT2D eigenvalue weighted by Crippen LogP contribution is -2.37. The fourth-order valence-electron chi connectivity index (χ4n) is 3.92. The fraction of sp³-hybridized carbons (Fsp3) is 0.300. The number of hydrogen-bond donors (Lipinski definition) is 0. The summed E-state index contributed by atoms with van der Waals surface area (Å²) >= 11 is 0. The van der Waals surface area contributed by atoms with Gasteiger partial charge in [0.25, 0.3) is 5.56 Å². The lowest BCUT2D eigenvalue weighted by molar-refractivity contribution is 0.489. The number of nitrogens with zero attached hydrogens (tertiary/aromatic N) is 8. The van der Waals surface area contributed by atoms with E-state index in [1.54, 1.807) is 40.2 Å². The maximum Gasteiger partial charge on any atom is 0.266 e. The minimum absolute atomic E-state index is 0.112. The van der Waals surface area contributed by atoms with E-state index >= 15 is 0 Å². The van der Waals surface area contributed by atoms with Crippen LogP contribution in [0, 0.1) is 0 Å². The van der Waals surface area contributed by atoms with Gasteiger partial charge >= 0.3 is 0 Å². The number of aromatic nitrogens is 7. The van der Waals surface area contributed by atoms with E-state index in [-0.39, 0.29) is 11.6 Å². The summed E-state index contributed by atoms with van der Waals surface area (Å²) in [6, 6.07) is 7.23. The first-order valence-electron chi connectivity index (χ1n) is 9.58. The van der Waals surface area contributed by atoms with E-state index in [9.17, 15) is 4.79 Å². The van der Waals surface area contributed by atoms with Crippen molar-refractivity contribution in [3.8, 4) is 11.3 Å². The molecule has 1 saturated heterocycles. The number of pyridine rings is 1. The van der Waals surface area contributed by atoms with E-state index in [0.717, 1.165) is 41.8 Å². The van der Waals surface area contributed by atoms with Crippen LogP contribution in [0.25, 0.3) is 22.3 Å². The van der Waals surface area contributed by atoms with E-state index in [1.165, 1.54) is 0 Å². The van der Waals surface area contributed by atoms with Crippen molar-refractivity contribution in [3.05, 3.63) is 59.5 Å². The largest absolute Gasteiger partial charge is 0.351 e. The molecule has 1 unspecified atom stereocenters. The third-order valence-electron chi connectivity index (χ3n) is 5.27. The lowest BCUT2D eigenvalue weighted by atomic mass is 10.2. The number of anilines is 1. The summed E-state index contributed by atoms with van der Waals surface area (Å²) in [7, 11) is 1.88. The Bertz CT molecular complexity index is 1220. The average molecular weight is 388 g/mol. The first-order chi connectivity index (χ1) is 14.2. The number of rotatable bonds is 4. The molecule has 4 aromatic heterocycles. The van der Waals surface area contributed by atoms with Crippen LogP contribution in [0.15, 0.2) is 54.0 Å². The molecule has 5 heterocycles. The van der Waals surface area contributed by atoms with Gasteiger partial charge in [0, 0.05) is 43.8 Å². The molecule has 9 heteroatoms. The van der Waals surface area contributed by atoms with Crippen LogP contribution in [0.5, 0.6) is 0 Å². The predicted octanol–water partition coefficient (Wildman–Crippen LogP) is 1.65. The Kier molecular flexibility index (Phi) is 4.27. The molecule has 0 N–H and O–H groups in total. The van der Waals surface area contributed by atoms with Gasteiger partial charge in [-0.3, -0.25) is 14.5 Å². The van der Waals surface area contributed by atoms with Crippen molar-refractivity contribution in [2.24, 2.45) is 7.05 Å². The molecular formula is C20H20N8O. The Morgan fingerprint density at radius 1 is 1.17 bits per heavy atom. The van der Waals surface area contributed by atoms with Crippen molar-refractivity contribution in [2.75, 3.05) is 11.4 Å². The molecule has 146 valence electrons. The van der Waals surface area contributed by atoms with Crippen LogP contribution in [0.4, 0.5) is 5.82 Å². The highest BCUT2D eigenvalue weighted by molar-refractivity contribution is 5.86. The highest BCUT2D eigenvalue weighted by Crippen LogP contribution is 2.29. The summed E-state index contributed by atoms with van der Waals surface area (Å²) in [4.78, 5) is 27.7. The van der Waals surface area contributed by atoms with Gasteiger partial charge in [-0.1, -0.05) is 0 Å². The summed E-state index contributed by atoms with van der Waals surface area (Å²) in [5, 5.41) is 9.89. The zero-order valence-corrected chi connectivity index (χ0v) is 16.0. The second-order valence-corrected chi connectivity index (χ2v) is 7.21. The minimum Gasteiger partial charge on any atom is -0.351 e. The zero-order valence-electron chi connectivity index (χ0n) is 16.0. The molecule has 0 aliphatic carbocycles. The van der Waals surface area contributed by atoms with Gasteiger partial charge < -0.3 is 4.90 Å². The van der Waals surface area contributed by atoms with Gasteiger partial charge in [-0.15, -0.1) is 0 Å². The molecule has 0 radical (unpaired) electrons. The molecule has 0 bridgehead atoms. The number of aryl methyl sites for hydroxylation is 1. The van der Waals surface area contributed by atoms with Crippen LogP contribution in [0.1, 0.15) is 12.8 Å². The standard InChI is InChI=1S/C20H20N8O/c1-26-12-16-19(25-26)22-13-23-20(16)27-9-3-5-15(27)11-28-18(29)7-6-17(24-28)14-4-2-8-21-10-14/h2,4,6-8,10,12-13,15H,3,5,9,11H2,1H3. The highest BCUT2D eigenvalue weighted by Gasteiger charge is 2.28. The molecule has 5 rings (SSSR count). The summed E-state index contributed by atoms with van der Waals surface area (Å²) in [6.45, 7) is 1.38. The van der Waals surface area contributed by atoms with Gasteiger partial charge in [0.05, 0.1) is 23.7 Å². The topological polar surface area (TPSA) is 94.6 Å². The molecule has 0 amide bonds. The van der Waals surface area contributed by atoms with Crippen molar-refractivity contribution < 1.29 is 0 Å². The van der Waals surface area contributed by atoms with Crippen LogP contribution in [0.3, 0.4) is 0 Å². The van der Waals surface area contributed by atoms with Gasteiger partial charge in [0.15, 0.2) is 5.65 Å². The van der Waals surface area contributed by atoms with Crippen LogP contribution >= 0.6 is 0 Å². The molecule has 9 nitrogen and oxygen atoms in total. The quantitative estimate of drug-likeness (QED) is 0.525. The zero-order chi connectivity index (χ0) is 19.8. The molecule has 1 aliphatic rings. The second kappa shape index (κ2) is 7.08. The van der Waals surface area contributed by atoms with Gasteiger partial charge in [-0.05, 0) is 31.0 Å². The molecule has 1 aliphatic heterocycles. The van der Waals surface area contributed by atoms with E-state index in [1.807, 2.05) is 25.4 Å². The van der Waals surface area contributed by atoms with Gasteiger partial charge in [-0.2, -0.15) is 10.2 Å². The molecular weight excluding hydrogens is 368 g/mol. The van der Waals surface area contributed by atoms with Crippen molar-refractivity contribution in [3.63, 3.8) is 0 Å². The van der Waals surface area contributed by atoms with E-state index in [2.05, 4.69) is 30.0 Å². The molecule has 1 fully saturated rings. The van der Waals surface area contributed by atoms with Gasteiger partial charge in [-0.25, -0.2) is 14.6 Å². The van der Waals surface area contributed by atoms with Crippen LogP contribution in [-0.4, -0.2) is 47.1 Å². The van der Waals surface area contributed by atoms with E-state index in [0.29, 0.717) is 12.2 Å². The summed E-state index contributed by atoms with van der Waals surface area (Å²) in [6.07, 6.45) is 8.96. The van der Waals surface area contributed by atoms with Crippen LogP contribution in [0.2, 0.25) is 0 Å². The Morgan fingerprint density at radius 3 is 2.97 bits per heavy atom. The normalized spacial score (nSPS) is 16.6. The number of hydrogen-bond acceptors (Lipinski definition) is 7. The van der Waals surface area contributed by atoms with Crippen LogP contribution < -0.4 is 10.5 Å². The van der Waals surface area contributed by atoms with Crippen molar-refractivity contribution in [1.82, 2.24) is 34.5 Å². The molecule has 4 aromatic rings. The summed E-state index contributed by atoms with van der Waals surface area (Å²) in [5.41, 5.74) is 2.19. The van der Waals surface area contributed by atoms with E-state index < -0.39 is 0 Å². The maximum absolute atomic E-state index is 12.5. The molecule has 0 saturated carbocycles. The minimum atomic E-state index is -0.112. The van der Waals surface area contributed by atoms with Crippen molar-refractivity contribution in [1.29, 1.82) is 0 Å². The second-order valence-electron chi connectivity index (χ2n) is 7.21. The maximum atomic E-state index is 12.5. The Labute approximate surface area is 166 Å². The van der Waals surface area contributed by atoms with Gasteiger partial charge in [0.1, 0.15) is 12.1 Å². The number of fused-ring (bicyclic) bond motifs is 1. The third-order valence-corrected chi connectivity index (χ3v) is 5.27. The Morgan fingerprint density at radius 2 is 2.10 bits per heavy atom. The van der Waals surface area contributed by atoms with E-state index in [4.69, 9.17) is 0 Å². The van der Waals surface area contributed by atoms with Crippen molar-refractivity contribution >= 4 is 16.9 Å². The SMILES string of the molecule is Cn1cc2c(N3CCCC3Cn3nc(-c4cccnc4)ccc3=O)ncnc2n1. The summed E-state index contributed by atoms with van der Waals surface area (Å²) < 4.78 is 3.30. The molecule has 1 atom stereocenters. The predicted molar refractivity (Wildman–Crippen MR) is 108 cm³/mol. The molecule has 0 spiro atoms. The molecule has 29 heavy (non-hydrogen) atoms. The summed E-state index contributed by atoms with van der Waals surface area (Å²) in [5.74, 6) is 0.863. The van der Waals surface area contributed by atoms with Gasteiger partial charge in [0.2, 0.25) is 0 Å². The first-order valence-corrected chi connectivity index (χ1v) is 9.58. The fourth-order valence-corrected chi connectivity index (χ4v) is 3.92. The highest BCUT2D eigenvalue weighted by atomic mass is 16.1. The monoisotopic (exact) mass is 388 g/mol. The first kappa shape index (κ1) is 17.5. The third kappa shape index (κ3) is 3.24. The molecule has 0 aromatic carbocycles. The lowest BCUT2D eigenvalue weighted by Gasteiger charge is -2.26. The Hall–Kier alpha value is -3.62. The Balaban J connectivity index is 1.48. The van der Waals surface area contributed by atoms with Crippen molar-refractivity contribution in [2.45, 2.75) is 25.4 Å². The smallest absolute Gasteiger partial charge is 0.266 e. The van der Waals surface area contributed by atoms with Crippen LogP contribution in [-0.2, 0) is 13.6 Å². The average Bonchev–Trinajstić information content (AvgIpc) is 3.35.